The molecule has 6 nitrogen and oxygen atoms in total. The molecular formula is C25H26N4O2. The monoisotopic (exact) mass is 414 g/mol. The summed E-state index contributed by atoms with van der Waals surface area (Å²) in [4.78, 5) is 19.9. The molecule has 158 valence electrons. The Morgan fingerprint density at radius 3 is 2.55 bits per heavy atom. The van der Waals surface area contributed by atoms with Crippen LogP contribution in [-0.2, 0) is 11.3 Å². The fraction of sp³-hybridized carbons (Fsp3) is 0.280. The molecule has 0 spiro atoms. The van der Waals surface area contributed by atoms with Crippen LogP contribution < -0.4 is 10.5 Å². The molecule has 1 saturated heterocycles. The summed E-state index contributed by atoms with van der Waals surface area (Å²) in [5.41, 5.74) is 5.04. The molecule has 31 heavy (non-hydrogen) atoms. The van der Waals surface area contributed by atoms with Gasteiger partial charge in [-0.15, -0.1) is 0 Å². The molecule has 0 aliphatic carbocycles. The van der Waals surface area contributed by atoms with Gasteiger partial charge in [-0.25, -0.2) is 4.98 Å². The van der Waals surface area contributed by atoms with Crippen LogP contribution in [0.3, 0.4) is 0 Å². The summed E-state index contributed by atoms with van der Waals surface area (Å²) in [5.74, 6) is 0.911. The average molecular weight is 415 g/mol. The van der Waals surface area contributed by atoms with Crippen LogP contribution in [0.2, 0.25) is 0 Å². The normalized spacial score (nSPS) is 14.3. The highest BCUT2D eigenvalue weighted by molar-refractivity contribution is 5.93. The first-order valence-corrected chi connectivity index (χ1v) is 10.8. The summed E-state index contributed by atoms with van der Waals surface area (Å²) in [7, 11) is 0. The van der Waals surface area contributed by atoms with E-state index in [-0.39, 0.29) is 5.56 Å². The predicted octanol–water partition coefficient (Wildman–Crippen LogP) is 4.02. The summed E-state index contributed by atoms with van der Waals surface area (Å²) in [5, 5.41) is 1.08. The van der Waals surface area contributed by atoms with Crippen molar-refractivity contribution in [2.24, 2.45) is 0 Å². The van der Waals surface area contributed by atoms with Gasteiger partial charge in [-0.1, -0.05) is 30.3 Å². The van der Waals surface area contributed by atoms with E-state index < -0.39 is 0 Å². The van der Waals surface area contributed by atoms with E-state index in [4.69, 9.17) is 9.72 Å². The highest BCUT2D eigenvalue weighted by Crippen LogP contribution is 2.30. The number of fused-ring (bicyclic) bond motifs is 1. The van der Waals surface area contributed by atoms with Gasteiger partial charge in [0.2, 0.25) is 0 Å². The first kappa shape index (κ1) is 19.6. The van der Waals surface area contributed by atoms with Gasteiger partial charge in [0.15, 0.2) is 0 Å². The van der Waals surface area contributed by atoms with Gasteiger partial charge >= 0.3 is 0 Å². The van der Waals surface area contributed by atoms with Crippen LogP contribution in [-0.4, -0.2) is 40.4 Å². The number of morpholine rings is 1. The van der Waals surface area contributed by atoms with Crippen molar-refractivity contribution in [3.8, 4) is 17.1 Å². The lowest BCUT2D eigenvalue weighted by molar-refractivity contribution is 0.123. The molecule has 0 unspecified atom stereocenters. The third kappa shape index (κ3) is 3.53. The van der Waals surface area contributed by atoms with Crippen LogP contribution in [0.1, 0.15) is 12.6 Å². The van der Waals surface area contributed by atoms with Gasteiger partial charge in [0, 0.05) is 48.5 Å². The molecule has 3 heterocycles. The van der Waals surface area contributed by atoms with Crippen LogP contribution in [0.25, 0.3) is 28.0 Å². The zero-order chi connectivity index (χ0) is 21.4. The molecule has 0 amide bonds. The number of hydrogen-bond donors (Lipinski definition) is 0. The van der Waals surface area contributed by atoms with Gasteiger partial charge in [-0.2, -0.15) is 0 Å². The molecule has 2 aromatic carbocycles. The van der Waals surface area contributed by atoms with Gasteiger partial charge in [0.1, 0.15) is 5.82 Å². The second-order valence-electron chi connectivity index (χ2n) is 7.85. The largest absolute Gasteiger partial charge is 0.378 e. The highest BCUT2D eigenvalue weighted by atomic mass is 16.5. The molecule has 6 heteroatoms. The van der Waals surface area contributed by atoms with Crippen molar-refractivity contribution in [2.45, 2.75) is 20.4 Å². The van der Waals surface area contributed by atoms with Crippen molar-refractivity contribution >= 4 is 16.6 Å². The van der Waals surface area contributed by atoms with E-state index >= 15 is 0 Å². The maximum absolute atomic E-state index is 12.8. The number of aryl methyl sites for hydroxylation is 2. The molecule has 1 aliphatic rings. The van der Waals surface area contributed by atoms with Gasteiger partial charge < -0.3 is 14.2 Å². The van der Waals surface area contributed by atoms with Crippen LogP contribution in [0.4, 0.5) is 5.69 Å². The van der Waals surface area contributed by atoms with Crippen molar-refractivity contribution in [3.63, 3.8) is 0 Å². The standard InChI is InChI=1S/C25H26N4O2/c1-3-28-22-10-9-20(29-17-18(2)26-25(29)19-7-5-4-6-8-19)15-21(22)23(16-24(28)30)27-11-13-31-14-12-27/h4-10,15-17H,3,11-14H2,1-2H3. The smallest absolute Gasteiger partial charge is 0.253 e. The van der Waals surface area contributed by atoms with E-state index in [9.17, 15) is 4.79 Å². The number of benzene rings is 2. The number of rotatable bonds is 4. The quantitative estimate of drug-likeness (QED) is 0.506. The third-order valence-corrected chi connectivity index (χ3v) is 5.88. The van der Waals surface area contributed by atoms with E-state index in [1.165, 1.54) is 0 Å². The number of anilines is 1. The van der Waals surface area contributed by atoms with Crippen molar-refractivity contribution in [1.29, 1.82) is 0 Å². The molecule has 0 N–H and O–H groups in total. The first-order chi connectivity index (χ1) is 15.2. The highest BCUT2D eigenvalue weighted by Gasteiger charge is 2.18. The van der Waals surface area contributed by atoms with Crippen molar-refractivity contribution < 1.29 is 4.74 Å². The summed E-state index contributed by atoms with van der Waals surface area (Å²) >= 11 is 0. The van der Waals surface area contributed by atoms with Crippen LogP contribution >= 0.6 is 0 Å². The molecule has 0 atom stereocenters. The zero-order valence-electron chi connectivity index (χ0n) is 17.9. The van der Waals surface area contributed by atoms with E-state index in [2.05, 4.69) is 46.0 Å². The Kier molecular flexibility index (Phi) is 5.08. The van der Waals surface area contributed by atoms with Crippen molar-refractivity contribution in [3.05, 3.63) is 76.8 Å². The topological polar surface area (TPSA) is 52.3 Å². The van der Waals surface area contributed by atoms with Gasteiger partial charge in [0.25, 0.3) is 5.56 Å². The summed E-state index contributed by atoms with van der Waals surface area (Å²) < 4.78 is 9.50. The minimum Gasteiger partial charge on any atom is -0.378 e. The molecule has 0 bridgehead atoms. The van der Waals surface area contributed by atoms with Crippen LogP contribution in [0.5, 0.6) is 0 Å². The average Bonchev–Trinajstić information content (AvgIpc) is 3.21. The van der Waals surface area contributed by atoms with E-state index in [1.54, 1.807) is 6.07 Å². The molecule has 2 aromatic heterocycles. The van der Waals surface area contributed by atoms with E-state index in [0.717, 1.165) is 52.4 Å². The Morgan fingerprint density at radius 1 is 1.03 bits per heavy atom. The minimum absolute atomic E-state index is 0.0349. The molecule has 1 fully saturated rings. The maximum Gasteiger partial charge on any atom is 0.253 e. The van der Waals surface area contributed by atoms with Gasteiger partial charge in [-0.05, 0) is 32.0 Å². The van der Waals surface area contributed by atoms with E-state index in [0.29, 0.717) is 19.8 Å². The van der Waals surface area contributed by atoms with Gasteiger partial charge in [-0.3, -0.25) is 9.36 Å². The molecular weight excluding hydrogens is 388 g/mol. The predicted molar refractivity (Wildman–Crippen MR) is 124 cm³/mol. The lowest BCUT2D eigenvalue weighted by Crippen LogP contribution is -2.37. The second-order valence-corrected chi connectivity index (χ2v) is 7.85. The maximum atomic E-state index is 12.8. The van der Waals surface area contributed by atoms with Gasteiger partial charge in [0.05, 0.1) is 30.1 Å². The van der Waals surface area contributed by atoms with Crippen LogP contribution in [0.15, 0.2) is 65.6 Å². The van der Waals surface area contributed by atoms with Crippen molar-refractivity contribution in [1.82, 2.24) is 14.1 Å². The second kappa shape index (κ2) is 8.04. The molecule has 4 aromatic rings. The number of aromatic nitrogens is 3. The minimum atomic E-state index is 0.0349. The number of ether oxygens (including phenoxy) is 1. The lowest BCUT2D eigenvalue weighted by Gasteiger charge is -2.30. The Morgan fingerprint density at radius 2 is 1.81 bits per heavy atom. The SMILES string of the molecule is CCn1c(=O)cc(N2CCOCC2)c2cc(-n3cc(C)nc3-c3ccccc3)ccc21. The summed E-state index contributed by atoms with van der Waals surface area (Å²) in [6, 6.07) is 18.3. The number of imidazole rings is 1. The Hall–Kier alpha value is -3.38. The molecule has 0 saturated carbocycles. The summed E-state index contributed by atoms with van der Waals surface area (Å²) in [6.07, 6.45) is 2.06. The molecule has 0 radical (unpaired) electrons. The third-order valence-electron chi connectivity index (χ3n) is 5.88. The molecule has 1 aliphatic heterocycles. The number of hydrogen-bond acceptors (Lipinski definition) is 4. The Balaban J connectivity index is 1.72. The number of pyridine rings is 1. The fourth-order valence-electron chi connectivity index (χ4n) is 4.38. The van der Waals surface area contributed by atoms with E-state index in [1.807, 2.05) is 36.6 Å². The van der Waals surface area contributed by atoms with Crippen molar-refractivity contribution in [2.75, 3.05) is 31.2 Å². The Labute approximate surface area is 181 Å². The zero-order valence-corrected chi connectivity index (χ0v) is 17.9. The van der Waals surface area contributed by atoms with Crippen LogP contribution in [0, 0.1) is 6.92 Å². The summed E-state index contributed by atoms with van der Waals surface area (Å²) in [6.45, 7) is 7.59. The number of nitrogens with zero attached hydrogens (tertiary/aromatic N) is 4. The Bertz CT molecular complexity index is 1280. The molecule has 5 rings (SSSR count). The fourth-order valence-corrected chi connectivity index (χ4v) is 4.38. The lowest BCUT2D eigenvalue weighted by atomic mass is 10.1. The first-order valence-electron chi connectivity index (χ1n) is 10.8.